The first kappa shape index (κ1) is 15.3. The number of nitrogens with zero attached hydrogens (tertiary/aromatic N) is 3. The van der Waals surface area contributed by atoms with E-state index in [1.165, 1.54) is 4.90 Å². The standard InChI is InChI=1S/C19H19N3O4/c1-20-6-5-12-7-13-19(24)21(2)9-16(23)22(13)18(17(12)20)11-3-4-14-15(8-11)26-10-25-14/h3-6,8,13,18H,7,9-10H2,1-2H3/t13-,18-/m1/s1. The highest BCUT2D eigenvalue weighted by Gasteiger charge is 2.47. The number of carbonyl (C=O) groups is 2. The van der Waals surface area contributed by atoms with Gasteiger partial charge in [0.05, 0.1) is 12.6 Å². The summed E-state index contributed by atoms with van der Waals surface area (Å²) >= 11 is 0. The molecule has 3 aliphatic heterocycles. The van der Waals surface area contributed by atoms with Crippen LogP contribution in [-0.4, -0.2) is 52.6 Å². The molecule has 7 heteroatoms. The minimum absolute atomic E-state index is 0.00940. The number of aromatic nitrogens is 1. The second kappa shape index (κ2) is 5.27. The molecule has 2 amide bonds. The Morgan fingerprint density at radius 1 is 1.08 bits per heavy atom. The Balaban J connectivity index is 1.69. The van der Waals surface area contributed by atoms with Gasteiger partial charge in [-0.2, -0.15) is 0 Å². The minimum atomic E-state index is -0.466. The number of amides is 2. The van der Waals surface area contributed by atoms with Crippen LogP contribution in [0.5, 0.6) is 11.5 Å². The van der Waals surface area contributed by atoms with Crippen molar-refractivity contribution in [3.63, 3.8) is 0 Å². The van der Waals surface area contributed by atoms with Gasteiger partial charge >= 0.3 is 0 Å². The molecular formula is C19H19N3O4. The SMILES string of the molecule is CN1CC(=O)N2[C@H](c3ccc4c(c3)OCO4)c3c(ccn3C)C[C@@H]2C1=O. The lowest BCUT2D eigenvalue weighted by Gasteiger charge is -2.46. The first-order valence-electron chi connectivity index (χ1n) is 8.64. The monoisotopic (exact) mass is 353 g/mol. The fourth-order valence-corrected chi connectivity index (χ4v) is 4.30. The lowest BCUT2D eigenvalue weighted by atomic mass is 9.87. The Bertz CT molecular complexity index is 935. The molecule has 0 N–H and O–H groups in total. The number of ether oxygens (including phenoxy) is 2. The van der Waals surface area contributed by atoms with Gasteiger partial charge in [0.15, 0.2) is 11.5 Å². The van der Waals surface area contributed by atoms with Crippen LogP contribution in [0.2, 0.25) is 0 Å². The molecule has 0 bridgehead atoms. The molecule has 0 spiro atoms. The number of likely N-dealkylation sites (N-methyl/N-ethyl adjacent to an activating group) is 1. The highest BCUT2D eigenvalue weighted by atomic mass is 16.7. The normalized spacial score (nSPS) is 23.9. The summed E-state index contributed by atoms with van der Waals surface area (Å²) in [5, 5.41) is 0. The van der Waals surface area contributed by atoms with Crippen LogP contribution in [0.3, 0.4) is 0 Å². The van der Waals surface area contributed by atoms with Gasteiger partial charge in [0.1, 0.15) is 6.04 Å². The molecule has 0 unspecified atom stereocenters. The van der Waals surface area contributed by atoms with Gasteiger partial charge in [0.2, 0.25) is 18.6 Å². The number of carbonyl (C=O) groups excluding carboxylic acids is 2. The zero-order valence-corrected chi connectivity index (χ0v) is 14.6. The first-order valence-corrected chi connectivity index (χ1v) is 8.64. The van der Waals surface area contributed by atoms with Crippen molar-refractivity contribution in [1.29, 1.82) is 0 Å². The van der Waals surface area contributed by atoms with E-state index in [2.05, 4.69) is 0 Å². The Morgan fingerprint density at radius 3 is 2.73 bits per heavy atom. The fraction of sp³-hybridized carbons (Fsp3) is 0.368. The highest BCUT2D eigenvalue weighted by molar-refractivity contribution is 5.96. The highest BCUT2D eigenvalue weighted by Crippen LogP contribution is 2.43. The molecule has 1 aromatic heterocycles. The predicted molar refractivity (Wildman–Crippen MR) is 91.8 cm³/mol. The van der Waals surface area contributed by atoms with E-state index >= 15 is 0 Å². The molecule has 134 valence electrons. The summed E-state index contributed by atoms with van der Waals surface area (Å²) in [5.74, 6) is 1.33. The van der Waals surface area contributed by atoms with E-state index in [9.17, 15) is 9.59 Å². The number of benzene rings is 1. The lowest BCUT2D eigenvalue weighted by Crippen LogP contribution is -2.62. The lowest BCUT2D eigenvalue weighted by molar-refractivity contribution is -0.157. The predicted octanol–water partition coefficient (Wildman–Crippen LogP) is 1.07. The van der Waals surface area contributed by atoms with Crippen LogP contribution in [-0.2, 0) is 23.1 Å². The Morgan fingerprint density at radius 2 is 1.88 bits per heavy atom. The van der Waals surface area contributed by atoms with Crippen LogP contribution < -0.4 is 9.47 Å². The third-order valence-electron chi connectivity index (χ3n) is 5.53. The molecule has 7 nitrogen and oxygen atoms in total. The first-order chi connectivity index (χ1) is 12.5. The molecule has 4 heterocycles. The summed E-state index contributed by atoms with van der Waals surface area (Å²) in [4.78, 5) is 29.0. The van der Waals surface area contributed by atoms with Gasteiger partial charge in [-0.05, 0) is 29.3 Å². The van der Waals surface area contributed by atoms with E-state index in [4.69, 9.17) is 9.47 Å². The number of hydrogen-bond donors (Lipinski definition) is 0. The van der Waals surface area contributed by atoms with Crippen LogP contribution in [0.25, 0.3) is 0 Å². The van der Waals surface area contributed by atoms with E-state index in [1.54, 1.807) is 11.9 Å². The second-order valence-corrected chi connectivity index (χ2v) is 7.07. The number of rotatable bonds is 1. The molecule has 3 aliphatic rings. The average molecular weight is 353 g/mol. The zero-order chi connectivity index (χ0) is 18.0. The van der Waals surface area contributed by atoms with Gasteiger partial charge in [-0.25, -0.2) is 0 Å². The Kier molecular flexibility index (Phi) is 3.10. The van der Waals surface area contributed by atoms with E-state index in [1.807, 2.05) is 42.1 Å². The van der Waals surface area contributed by atoms with E-state index in [-0.39, 0.29) is 31.2 Å². The van der Waals surface area contributed by atoms with Crippen molar-refractivity contribution in [3.8, 4) is 11.5 Å². The van der Waals surface area contributed by atoms with Crippen molar-refractivity contribution in [2.24, 2.45) is 7.05 Å². The molecule has 1 saturated heterocycles. The molecule has 1 fully saturated rings. The molecule has 2 aromatic rings. The maximum absolute atomic E-state index is 12.9. The number of fused-ring (bicyclic) bond motifs is 3. The van der Waals surface area contributed by atoms with Crippen molar-refractivity contribution >= 4 is 11.8 Å². The van der Waals surface area contributed by atoms with Crippen LogP contribution in [0, 0.1) is 0 Å². The maximum atomic E-state index is 12.9. The summed E-state index contributed by atoms with van der Waals surface area (Å²) in [6, 6.07) is 7.00. The molecule has 5 rings (SSSR count). The molecule has 2 atom stereocenters. The van der Waals surface area contributed by atoms with Gasteiger partial charge in [-0.1, -0.05) is 6.07 Å². The molecular weight excluding hydrogens is 334 g/mol. The smallest absolute Gasteiger partial charge is 0.245 e. The summed E-state index contributed by atoms with van der Waals surface area (Å²) in [6.07, 6.45) is 2.54. The van der Waals surface area contributed by atoms with Crippen LogP contribution in [0.1, 0.15) is 22.9 Å². The van der Waals surface area contributed by atoms with Gasteiger partial charge in [0.25, 0.3) is 0 Å². The number of hydrogen-bond acceptors (Lipinski definition) is 4. The summed E-state index contributed by atoms with van der Waals surface area (Å²) in [7, 11) is 3.66. The summed E-state index contributed by atoms with van der Waals surface area (Å²) in [6.45, 7) is 0.309. The number of piperazine rings is 1. The minimum Gasteiger partial charge on any atom is -0.454 e. The average Bonchev–Trinajstić information content (AvgIpc) is 3.24. The molecule has 0 radical (unpaired) electrons. The molecule has 26 heavy (non-hydrogen) atoms. The van der Waals surface area contributed by atoms with Crippen molar-refractivity contribution in [2.75, 3.05) is 20.4 Å². The second-order valence-electron chi connectivity index (χ2n) is 7.07. The Labute approximate surface area is 150 Å². The fourth-order valence-electron chi connectivity index (χ4n) is 4.30. The topological polar surface area (TPSA) is 64.0 Å². The summed E-state index contributed by atoms with van der Waals surface area (Å²) in [5.41, 5.74) is 3.08. The largest absolute Gasteiger partial charge is 0.454 e. The van der Waals surface area contributed by atoms with Gasteiger partial charge in [-0.3, -0.25) is 9.59 Å². The third-order valence-corrected chi connectivity index (χ3v) is 5.53. The molecule has 0 aliphatic carbocycles. The zero-order valence-electron chi connectivity index (χ0n) is 14.6. The maximum Gasteiger partial charge on any atom is 0.245 e. The van der Waals surface area contributed by atoms with Crippen LogP contribution in [0.15, 0.2) is 30.5 Å². The van der Waals surface area contributed by atoms with Crippen LogP contribution >= 0.6 is 0 Å². The van der Waals surface area contributed by atoms with Crippen molar-refractivity contribution < 1.29 is 19.1 Å². The van der Waals surface area contributed by atoms with Gasteiger partial charge in [0, 0.05) is 32.4 Å². The summed E-state index contributed by atoms with van der Waals surface area (Å²) < 4.78 is 13.0. The number of aryl methyl sites for hydroxylation is 1. The Hall–Kier alpha value is -2.96. The van der Waals surface area contributed by atoms with Gasteiger partial charge in [-0.15, -0.1) is 0 Å². The van der Waals surface area contributed by atoms with E-state index < -0.39 is 6.04 Å². The van der Waals surface area contributed by atoms with E-state index in [0.29, 0.717) is 17.9 Å². The van der Waals surface area contributed by atoms with Crippen LogP contribution in [0.4, 0.5) is 0 Å². The van der Waals surface area contributed by atoms with Crippen molar-refractivity contribution in [3.05, 3.63) is 47.3 Å². The van der Waals surface area contributed by atoms with Crippen molar-refractivity contribution in [1.82, 2.24) is 14.4 Å². The quantitative estimate of drug-likeness (QED) is 0.769. The van der Waals surface area contributed by atoms with Gasteiger partial charge < -0.3 is 23.8 Å². The molecule has 0 saturated carbocycles. The van der Waals surface area contributed by atoms with E-state index in [0.717, 1.165) is 16.8 Å². The third kappa shape index (κ3) is 2.00. The van der Waals surface area contributed by atoms with Crippen molar-refractivity contribution in [2.45, 2.75) is 18.5 Å². The molecule has 1 aromatic carbocycles.